The number of carbonyl (C=O) groups excluding carboxylic acids is 1. The number of anilines is 1. The molecule has 0 saturated carbocycles. The second-order valence-electron chi connectivity index (χ2n) is 4.62. The topological polar surface area (TPSA) is 104 Å². The summed E-state index contributed by atoms with van der Waals surface area (Å²) in [5.41, 5.74) is 1.69. The monoisotopic (exact) mass is 275 g/mol. The molecule has 20 heavy (non-hydrogen) atoms. The van der Waals surface area contributed by atoms with Gasteiger partial charge in [0.25, 0.3) is 11.5 Å². The Morgan fingerprint density at radius 2 is 2.05 bits per heavy atom. The zero-order valence-corrected chi connectivity index (χ0v) is 11.7. The Balaban J connectivity index is 2.24. The van der Waals surface area contributed by atoms with Crippen LogP contribution in [0.15, 0.2) is 10.9 Å². The van der Waals surface area contributed by atoms with Crippen molar-refractivity contribution in [1.29, 1.82) is 0 Å². The summed E-state index contributed by atoms with van der Waals surface area (Å²) in [5.74, 6) is -0.0736. The average molecular weight is 275 g/mol. The van der Waals surface area contributed by atoms with E-state index in [4.69, 9.17) is 0 Å². The van der Waals surface area contributed by atoms with Crippen LogP contribution in [0, 0.1) is 13.8 Å². The van der Waals surface area contributed by atoms with Crippen molar-refractivity contribution in [3.8, 4) is 0 Å². The highest BCUT2D eigenvalue weighted by Crippen LogP contribution is 2.10. The SMILES string of the molecule is CCCc1cc(NC(=O)c2c(C)c(C)n[nH]c2=O)n[nH]1. The molecule has 0 aliphatic rings. The van der Waals surface area contributed by atoms with E-state index in [9.17, 15) is 9.59 Å². The molecular weight excluding hydrogens is 258 g/mol. The molecule has 1 amide bonds. The summed E-state index contributed by atoms with van der Waals surface area (Å²) in [6.07, 6.45) is 1.84. The number of aromatic amines is 2. The summed E-state index contributed by atoms with van der Waals surface area (Å²) in [7, 11) is 0. The molecule has 106 valence electrons. The first-order valence-corrected chi connectivity index (χ1v) is 6.44. The number of aromatic nitrogens is 4. The molecule has 0 aromatic carbocycles. The van der Waals surface area contributed by atoms with Gasteiger partial charge in [0.2, 0.25) is 0 Å². The molecule has 0 radical (unpaired) electrons. The van der Waals surface area contributed by atoms with Gasteiger partial charge in [-0.2, -0.15) is 10.2 Å². The molecule has 3 N–H and O–H groups in total. The van der Waals surface area contributed by atoms with Gasteiger partial charge in [-0.15, -0.1) is 0 Å². The third kappa shape index (κ3) is 2.76. The number of hydrogen-bond donors (Lipinski definition) is 3. The second kappa shape index (κ2) is 5.68. The molecule has 0 atom stereocenters. The van der Waals surface area contributed by atoms with E-state index < -0.39 is 11.5 Å². The largest absolute Gasteiger partial charge is 0.305 e. The van der Waals surface area contributed by atoms with E-state index in [0.29, 0.717) is 17.1 Å². The minimum Gasteiger partial charge on any atom is -0.305 e. The molecule has 0 aliphatic carbocycles. The number of H-pyrrole nitrogens is 2. The molecule has 0 saturated heterocycles. The third-order valence-electron chi connectivity index (χ3n) is 3.09. The lowest BCUT2D eigenvalue weighted by Gasteiger charge is -2.05. The fourth-order valence-corrected chi connectivity index (χ4v) is 1.90. The van der Waals surface area contributed by atoms with Gasteiger partial charge >= 0.3 is 0 Å². The van der Waals surface area contributed by atoms with Crippen LogP contribution in [0.25, 0.3) is 0 Å². The molecule has 2 aromatic rings. The molecule has 7 nitrogen and oxygen atoms in total. The Hall–Kier alpha value is -2.44. The Morgan fingerprint density at radius 1 is 1.30 bits per heavy atom. The van der Waals surface area contributed by atoms with Crippen molar-refractivity contribution in [1.82, 2.24) is 20.4 Å². The Bertz CT molecular complexity index is 686. The van der Waals surface area contributed by atoms with Gasteiger partial charge in [0.15, 0.2) is 5.82 Å². The Kier molecular flexibility index (Phi) is 3.97. The van der Waals surface area contributed by atoms with Crippen LogP contribution in [-0.2, 0) is 6.42 Å². The van der Waals surface area contributed by atoms with Crippen LogP contribution < -0.4 is 10.9 Å². The zero-order valence-electron chi connectivity index (χ0n) is 11.7. The summed E-state index contributed by atoms with van der Waals surface area (Å²) in [6.45, 7) is 5.48. The summed E-state index contributed by atoms with van der Waals surface area (Å²) in [4.78, 5) is 23.9. The predicted molar refractivity (Wildman–Crippen MR) is 74.9 cm³/mol. The number of carbonyl (C=O) groups is 1. The number of rotatable bonds is 4. The van der Waals surface area contributed by atoms with Crippen LogP contribution in [0.5, 0.6) is 0 Å². The van der Waals surface area contributed by atoms with E-state index in [1.807, 2.05) is 0 Å². The predicted octanol–water partition coefficient (Wildman–Crippen LogP) is 1.31. The van der Waals surface area contributed by atoms with Crippen molar-refractivity contribution in [2.75, 3.05) is 5.32 Å². The van der Waals surface area contributed by atoms with E-state index in [-0.39, 0.29) is 5.56 Å². The first kappa shape index (κ1) is 14.0. The van der Waals surface area contributed by atoms with Crippen molar-refractivity contribution >= 4 is 11.7 Å². The summed E-state index contributed by atoms with van der Waals surface area (Å²) in [5, 5.41) is 15.6. The lowest BCUT2D eigenvalue weighted by molar-refractivity contribution is 0.102. The normalized spacial score (nSPS) is 10.6. The quantitative estimate of drug-likeness (QED) is 0.782. The molecule has 2 aromatic heterocycles. The van der Waals surface area contributed by atoms with Crippen molar-refractivity contribution in [2.24, 2.45) is 0 Å². The van der Waals surface area contributed by atoms with Crippen molar-refractivity contribution in [3.05, 3.63) is 38.9 Å². The van der Waals surface area contributed by atoms with Crippen LogP contribution in [0.3, 0.4) is 0 Å². The molecule has 0 spiro atoms. The number of nitrogens with one attached hydrogen (secondary N) is 3. The molecule has 0 unspecified atom stereocenters. The maximum atomic E-state index is 12.2. The van der Waals surface area contributed by atoms with E-state index >= 15 is 0 Å². The molecule has 7 heteroatoms. The summed E-state index contributed by atoms with van der Waals surface area (Å²) >= 11 is 0. The van der Waals surface area contributed by atoms with E-state index in [0.717, 1.165) is 18.5 Å². The number of nitrogens with zero attached hydrogens (tertiary/aromatic N) is 2. The van der Waals surface area contributed by atoms with Crippen LogP contribution in [0.1, 0.15) is 40.7 Å². The van der Waals surface area contributed by atoms with E-state index in [1.54, 1.807) is 19.9 Å². The minimum absolute atomic E-state index is 0.0672. The van der Waals surface area contributed by atoms with Gasteiger partial charge in [-0.3, -0.25) is 14.7 Å². The van der Waals surface area contributed by atoms with Crippen LogP contribution in [0.2, 0.25) is 0 Å². The van der Waals surface area contributed by atoms with Gasteiger partial charge in [-0.1, -0.05) is 13.3 Å². The van der Waals surface area contributed by atoms with Crippen LogP contribution in [0.4, 0.5) is 5.82 Å². The molecule has 0 bridgehead atoms. The van der Waals surface area contributed by atoms with Crippen molar-refractivity contribution in [2.45, 2.75) is 33.6 Å². The van der Waals surface area contributed by atoms with Gasteiger partial charge in [-0.25, -0.2) is 5.10 Å². The first-order chi connectivity index (χ1) is 9.52. The van der Waals surface area contributed by atoms with Gasteiger partial charge < -0.3 is 5.32 Å². The van der Waals surface area contributed by atoms with Crippen LogP contribution >= 0.6 is 0 Å². The highest BCUT2D eigenvalue weighted by molar-refractivity contribution is 6.04. The summed E-state index contributed by atoms with van der Waals surface area (Å²) < 4.78 is 0. The number of hydrogen-bond acceptors (Lipinski definition) is 4. The number of aryl methyl sites for hydroxylation is 2. The van der Waals surface area contributed by atoms with E-state index in [1.165, 1.54) is 0 Å². The van der Waals surface area contributed by atoms with Gasteiger partial charge in [-0.05, 0) is 25.8 Å². The lowest BCUT2D eigenvalue weighted by atomic mass is 10.1. The fourth-order valence-electron chi connectivity index (χ4n) is 1.90. The first-order valence-electron chi connectivity index (χ1n) is 6.44. The fraction of sp³-hybridized carbons (Fsp3) is 0.385. The zero-order chi connectivity index (χ0) is 14.7. The number of amides is 1. The molecule has 2 heterocycles. The average Bonchev–Trinajstić information content (AvgIpc) is 2.82. The maximum Gasteiger partial charge on any atom is 0.277 e. The highest BCUT2D eigenvalue weighted by atomic mass is 16.2. The van der Waals surface area contributed by atoms with Gasteiger partial charge in [0.1, 0.15) is 5.56 Å². The molecule has 2 rings (SSSR count). The van der Waals surface area contributed by atoms with Crippen LogP contribution in [-0.4, -0.2) is 26.3 Å². The standard InChI is InChI=1S/C13H17N5O2/c1-4-5-9-6-10(17-16-9)14-12(19)11-7(2)8(3)15-18-13(11)20/h6H,4-5H2,1-3H3,(H,18,20)(H2,14,16,17,19). The third-order valence-corrected chi connectivity index (χ3v) is 3.09. The van der Waals surface area contributed by atoms with Crippen molar-refractivity contribution in [3.63, 3.8) is 0 Å². The maximum absolute atomic E-state index is 12.2. The Labute approximate surface area is 115 Å². The molecular formula is C13H17N5O2. The van der Waals surface area contributed by atoms with E-state index in [2.05, 4.69) is 32.6 Å². The Morgan fingerprint density at radius 3 is 2.75 bits per heavy atom. The lowest BCUT2D eigenvalue weighted by Crippen LogP contribution is -2.26. The molecule has 0 fully saturated rings. The smallest absolute Gasteiger partial charge is 0.277 e. The van der Waals surface area contributed by atoms with Gasteiger partial charge in [0.05, 0.1) is 5.69 Å². The molecule has 0 aliphatic heterocycles. The summed E-state index contributed by atoms with van der Waals surface area (Å²) in [6, 6.07) is 1.76. The highest BCUT2D eigenvalue weighted by Gasteiger charge is 2.17. The second-order valence-corrected chi connectivity index (χ2v) is 4.62. The van der Waals surface area contributed by atoms with Crippen molar-refractivity contribution < 1.29 is 4.79 Å². The minimum atomic E-state index is -0.505. The van der Waals surface area contributed by atoms with Gasteiger partial charge in [0, 0.05) is 11.8 Å².